The molecular formula is C28H36N2O7. The van der Waals surface area contributed by atoms with Crippen LogP contribution in [0.2, 0.25) is 0 Å². The lowest BCUT2D eigenvalue weighted by Crippen LogP contribution is -2.70. The van der Waals surface area contributed by atoms with E-state index in [-0.39, 0.29) is 22.5 Å². The first-order chi connectivity index (χ1) is 17.2. The van der Waals surface area contributed by atoms with Crippen molar-refractivity contribution in [3.05, 3.63) is 46.5 Å². The first-order valence-electron chi connectivity index (χ1n) is 12.6. The number of fused-ring (bicyclic) bond motifs is 3. The van der Waals surface area contributed by atoms with E-state index < -0.39 is 64.3 Å². The molecule has 1 saturated carbocycles. The molecule has 0 bridgehead atoms. The summed E-state index contributed by atoms with van der Waals surface area (Å²) in [4.78, 5) is 42.7. The van der Waals surface area contributed by atoms with Crippen LogP contribution in [0.25, 0.3) is 5.76 Å². The van der Waals surface area contributed by atoms with Crippen LogP contribution in [0.5, 0.6) is 5.75 Å². The Morgan fingerprint density at radius 3 is 2.41 bits per heavy atom. The van der Waals surface area contributed by atoms with Crippen molar-refractivity contribution < 1.29 is 34.8 Å². The number of benzene rings is 1. The largest absolute Gasteiger partial charge is 0.507 e. The van der Waals surface area contributed by atoms with Gasteiger partial charge in [0.15, 0.2) is 5.60 Å². The van der Waals surface area contributed by atoms with Crippen molar-refractivity contribution in [2.24, 2.45) is 11.8 Å². The molecule has 1 amide bonds. The smallest absolute Gasteiger partial charge is 0.255 e. The molecule has 37 heavy (non-hydrogen) atoms. The van der Waals surface area contributed by atoms with Crippen LogP contribution < -0.4 is 5.32 Å². The van der Waals surface area contributed by atoms with E-state index in [9.17, 15) is 34.8 Å². The number of aliphatic hydroxyl groups excluding tert-OH is 2. The number of carbonyl (C=O) groups excluding carboxylic acids is 3. The molecule has 0 aliphatic heterocycles. The second kappa shape index (κ2) is 9.08. The van der Waals surface area contributed by atoms with E-state index in [0.29, 0.717) is 12.0 Å². The number of phenols is 1. The standard InChI is InChI=1S/C28H36N2O7/c1-7-11-27(3,4)29-26(36)15-12-16(30(5)6)21-23(33)18-13(2)14-9-8-10-17(31)19(14)22(32)20(18)25(35)28(21,37)24(15)34/h8-10,12-13,16,18,21,23,31-33,37H,7,11H2,1-6H3,(H,29,36)/t13-,16+,18+,21+,23-,28+/m0/s1. The molecule has 0 saturated heterocycles. The Balaban J connectivity index is 1.89. The highest BCUT2D eigenvalue weighted by molar-refractivity contribution is 6.33. The third-order valence-corrected chi connectivity index (χ3v) is 8.20. The average Bonchev–Trinajstić information content (AvgIpc) is 2.80. The quantitative estimate of drug-likeness (QED) is 0.297. The fourth-order valence-corrected chi connectivity index (χ4v) is 6.45. The van der Waals surface area contributed by atoms with Crippen LogP contribution in [0.1, 0.15) is 57.6 Å². The molecular weight excluding hydrogens is 476 g/mol. The molecule has 1 aromatic carbocycles. The van der Waals surface area contributed by atoms with Crippen molar-refractivity contribution in [2.75, 3.05) is 14.1 Å². The Labute approximate surface area is 216 Å². The SMILES string of the molecule is CCCC(C)(C)NC(=O)C1=C[C@@H](N(C)C)[C@@H]2[C@@H](O)[C@H]3C(=C(O)c4c(O)cccc4[C@@H]3C)C(=O)[C@]2(O)C1=O. The van der Waals surface area contributed by atoms with Crippen LogP contribution in [-0.4, -0.2) is 80.2 Å². The average molecular weight is 513 g/mol. The summed E-state index contributed by atoms with van der Waals surface area (Å²) in [6.45, 7) is 7.36. The summed E-state index contributed by atoms with van der Waals surface area (Å²) in [5.41, 5.74) is -3.53. The van der Waals surface area contributed by atoms with Crippen molar-refractivity contribution in [2.45, 2.75) is 69.7 Å². The lowest BCUT2D eigenvalue weighted by atomic mass is 9.54. The maximum Gasteiger partial charge on any atom is 0.255 e. The minimum absolute atomic E-state index is 0.0334. The minimum Gasteiger partial charge on any atom is -0.507 e. The normalized spacial score (nSPS) is 31.5. The maximum absolute atomic E-state index is 14.0. The van der Waals surface area contributed by atoms with Gasteiger partial charge in [0.25, 0.3) is 5.91 Å². The van der Waals surface area contributed by atoms with Gasteiger partial charge in [-0.1, -0.05) is 38.5 Å². The highest BCUT2D eigenvalue weighted by Gasteiger charge is 2.67. The van der Waals surface area contributed by atoms with Crippen molar-refractivity contribution in [3.63, 3.8) is 0 Å². The van der Waals surface area contributed by atoms with Gasteiger partial charge in [-0.15, -0.1) is 0 Å². The number of phenolic OH excluding ortho intramolecular Hbond substituents is 1. The van der Waals surface area contributed by atoms with Gasteiger partial charge < -0.3 is 30.6 Å². The van der Waals surface area contributed by atoms with Gasteiger partial charge >= 0.3 is 0 Å². The van der Waals surface area contributed by atoms with Crippen LogP contribution in [0, 0.1) is 11.8 Å². The maximum atomic E-state index is 14.0. The van der Waals surface area contributed by atoms with Crippen molar-refractivity contribution in [3.8, 4) is 5.75 Å². The van der Waals surface area contributed by atoms with Crippen LogP contribution in [-0.2, 0) is 14.4 Å². The number of Topliss-reactive ketones (excluding diaryl/α,β-unsaturated/α-hetero) is 2. The topological polar surface area (TPSA) is 147 Å². The number of hydrogen-bond donors (Lipinski definition) is 5. The summed E-state index contributed by atoms with van der Waals surface area (Å²) in [7, 11) is 3.34. The number of carbonyl (C=O) groups is 3. The second-order valence-corrected chi connectivity index (χ2v) is 11.4. The zero-order valence-corrected chi connectivity index (χ0v) is 22.1. The molecule has 0 radical (unpaired) electrons. The molecule has 200 valence electrons. The third kappa shape index (κ3) is 3.91. The predicted octanol–water partition coefficient (Wildman–Crippen LogP) is 1.82. The van der Waals surface area contributed by atoms with Gasteiger partial charge in [0.1, 0.15) is 11.5 Å². The molecule has 0 aromatic heterocycles. The second-order valence-electron chi connectivity index (χ2n) is 11.4. The van der Waals surface area contributed by atoms with Gasteiger partial charge in [0.2, 0.25) is 11.6 Å². The van der Waals surface area contributed by atoms with Gasteiger partial charge in [-0.2, -0.15) is 0 Å². The number of ketones is 2. The summed E-state index contributed by atoms with van der Waals surface area (Å²) in [6.07, 6.45) is 1.43. The molecule has 0 spiro atoms. The fraction of sp³-hybridized carbons (Fsp3) is 0.536. The summed E-state index contributed by atoms with van der Waals surface area (Å²) in [6, 6.07) is 3.83. The monoisotopic (exact) mass is 512 g/mol. The van der Waals surface area contributed by atoms with E-state index in [0.717, 1.165) is 6.42 Å². The Morgan fingerprint density at radius 2 is 1.81 bits per heavy atom. The van der Waals surface area contributed by atoms with Crippen LogP contribution in [0.3, 0.4) is 0 Å². The fourth-order valence-electron chi connectivity index (χ4n) is 6.45. The molecule has 5 N–H and O–H groups in total. The summed E-state index contributed by atoms with van der Waals surface area (Å²) >= 11 is 0. The molecule has 1 aromatic rings. The van der Waals surface area contributed by atoms with Gasteiger partial charge in [0, 0.05) is 29.0 Å². The first-order valence-corrected chi connectivity index (χ1v) is 12.6. The third-order valence-electron chi connectivity index (χ3n) is 8.20. The van der Waals surface area contributed by atoms with Crippen LogP contribution >= 0.6 is 0 Å². The Morgan fingerprint density at radius 1 is 1.16 bits per heavy atom. The molecule has 4 rings (SSSR count). The molecule has 0 heterocycles. The van der Waals surface area contributed by atoms with Crippen LogP contribution in [0.15, 0.2) is 35.4 Å². The number of amides is 1. The Bertz CT molecular complexity index is 1230. The summed E-state index contributed by atoms with van der Waals surface area (Å²) in [5, 5.41) is 48.0. The van der Waals surface area contributed by atoms with E-state index in [2.05, 4.69) is 5.32 Å². The predicted molar refractivity (Wildman–Crippen MR) is 137 cm³/mol. The van der Waals surface area contributed by atoms with Crippen molar-refractivity contribution in [1.29, 1.82) is 0 Å². The molecule has 3 aliphatic rings. The molecule has 6 atom stereocenters. The number of rotatable bonds is 5. The summed E-state index contributed by atoms with van der Waals surface area (Å²) < 4.78 is 0. The van der Waals surface area contributed by atoms with E-state index in [4.69, 9.17) is 0 Å². The highest BCUT2D eigenvalue weighted by atomic mass is 16.3. The number of aliphatic hydroxyl groups is 3. The van der Waals surface area contributed by atoms with Crippen LogP contribution in [0.4, 0.5) is 0 Å². The minimum atomic E-state index is -2.79. The van der Waals surface area contributed by atoms with E-state index in [1.165, 1.54) is 12.1 Å². The number of hydrogen-bond acceptors (Lipinski definition) is 8. The molecule has 3 aliphatic carbocycles. The Hall–Kier alpha value is -3.01. The Kier molecular flexibility index (Phi) is 6.63. The number of nitrogens with one attached hydrogen (secondary N) is 1. The zero-order chi connectivity index (χ0) is 27.6. The molecule has 9 heteroatoms. The van der Waals surface area contributed by atoms with Gasteiger partial charge in [-0.05, 0) is 51.9 Å². The van der Waals surface area contributed by atoms with E-state index in [1.807, 2.05) is 20.8 Å². The molecule has 9 nitrogen and oxygen atoms in total. The number of nitrogens with zero attached hydrogens (tertiary/aromatic N) is 1. The lowest BCUT2D eigenvalue weighted by molar-refractivity contribution is -0.172. The van der Waals surface area contributed by atoms with Gasteiger partial charge in [-0.3, -0.25) is 14.4 Å². The van der Waals surface area contributed by atoms with Gasteiger partial charge in [-0.25, -0.2) is 0 Å². The highest BCUT2D eigenvalue weighted by Crippen LogP contribution is 2.54. The van der Waals surface area contributed by atoms with Crippen molar-refractivity contribution >= 4 is 23.2 Å². The number of aromatic hydroxyl groups is 1. The van der Waals surface area contributed by atoms with E-state index >= 15 is 0 Å². The van der Waals surface area contributed by atoms with Crippen molar-refractivity contribution in [1.82, 2.24) is 10.2 Å². The van der Waals surface area contributed by atoms with E-state index in [1.54, 1.807) is 38.1 Å². The zero-order valence-electron chi connectivity index (χ0n) is 22.1. The lowest BCUT2D eigenvalue weighted by Gasteiger charge is -2.53. The number of likely N-dealkylation sites (N-methyl/N-ethyl adjacent to an activating group) is 1. The summed E-state index contributed by atoms with van der Waals surface area (Å²) in [5.74, 6) is -6.47. The molecule has 0 unspecified atom stereocenters. The molecule has 1 fully saturated rings. The first kappa shape index (κ1) is 27.0. The van der Waals surface area contributed by atoms with Gasteiger partial charge in [0.05, 0.1) is 17.2 Å².